The number of anilines is 1. The normalized spacial score (nSPS) is 11.2. The van der Waals surface area contributed by atoms with Gasteiger partial charge in [-0.25, -0.2) is 15.2 Å². The van der Waals surface area contributed by atoms with Gasteiger partial charge in [-0.3, -0.25) is 10.1 Å². The first-order chi connectivity index (χ1) is 14.0. The van der Waals surface area contributed by atoms with E-state index >= 15 is 0 Å². The minimum Gasteiger partial charge on any atom is -0.478 e. The van der Waals surface area contributed by atoms with Crippen LogP contribution in [-0.4, -0.2) is 32.2 Å². The molecule has 0 aliphatic rings. The molecule has 2 aromatic heterocycles. The molecule has 29 heavy (non-hydrogen) atoms. The first kappa shape index (κ1) is 17.9. The number of H-pyrrole nitrogens is 1. The average molecular weight is 391 g/mol. The minimum absolute atomic E-state index is 0.225. The number of aromatic amines is 1. The fourth-order valence-electron chi connectivity index (χ4n) is 2.77. The number of aromatic nitrogens is 2. The Bertz CT molecular complexity index is 1220. The smallest absolute Gasteiger partial charge is 0.336 e. The van der Waals surface area contributed by atoms with Crippen molar-refractivity contribution in [2.75, 3.05) is 5.43 Å². The molecule has 144 valence electrons. The van der Waals surface area contributed by atoms with E-state index in [0.717, 1.165) is 17.1 Å². The number of rotatable bonds is 6. The first-order valence-electron chi connectivity index (χ1n) is 8.37. The van der Waals surface area contributed by atoms with Crippen LogP contribution in [0.5, 0.6) is 0 Å². The third-order valence-electron chi connectivity index (χ3n) is 4.09. The van der Waals surface area contributed by atoms with Crippen molar-refractivity contribution in [3.8, 4) is 11.3 Å². The molecule has 2 heterocycles. The lowest BCUT2D eigenvalue weighted by Crippen LogP contribution is -2.01. The molecule has 0 aliphatic carbocycles. The van der Waals surface area contributed by atoms with Crippen molar-refractivity contribution in [1.29, 1.82) is 0 Å². The van der Waals surface area contributed by atoms with Crippen molar-refractivity contribution in [1.82, 2.24) is 9.97 Å². The third-order valence-corrected chi connectivity index (χ3v) is 4.09. The lowest BCUT2D eigenvalue weighted by atomic mass is 10.0. The number of nitro groups is 1. The van der Waals surface area contributed by atoms with Gasteiger partial charge in [-0.1, -0.05) is 12.1 Å². The first-order valence-corrected chi connectivity index (χ1v) is 8.37. The molecular formula is C19H13N5O5. The lowest BCUT2D eigenvalue weighted by molar-refractivity contribution is -0.384. The third kappa shape index (κ3) is 3.67. The van der Waals surface area contributed by atoms with Gasteiger partial charge in [0.25, 0.3) is 5.69 Å². The van der Waals surface area contributed by atoms with E-state index in [1.165, 1.54) is 18.3 Å². The molecule has 0 saturated carbocycles. The predicted molar refractivity (Wildman–Crippen MR) is 105 cm³/mol. The molecule has 4 aromatic rings. The summed E-state index contributed by atoms with van der Waals surface area (Å²) in [6.45, 7) is 0. The number of hydrogen-bond acceptors (Lipinski definition) is 7. The Balaban J connectivity index is 1.54. The molecule has 10 nitrogen and oxygen atoms in total. The molecule has 0 radical (unpaired) electrons. The van der Waals surface area contributed by atoms with E-state index in [-0.39, 0.29) is 22.6 Å². The summed E-state index contributed by atoms with van der Waals surface area (Å²) in [5.41, 5.74) is 4.11. The van der Waals surface area contributed by atoms with Gasteiger partial charge in [0.2, 0.25) is 5.95 Å². The van der Waals surface area contributed by atoms with E-state index in [4.69, 9.17) is 4.42 Å². The molecule has 0 amide bonds. The fraction of sp³-hybridized carbons (Fsp3) is 0. The zero-order valence-corrected chi connectivity index (χ0v) is 14.7. The average Bonchev–Trinajstić information content (AvgIpc) is 3.34. The number of furan rings is 1. The van der Waals surface area contributed by atoms with Crippen molar-refractivity contribution in [3.05, 3.63) is 76.0 Å². The molecular weight excluding hydrogens is 378 g/mol. The van der Waals surface area contributed by atoms with Gasteiger partial charge in [-0.05, 0) is 30.3 Å². The van der Waals surface area contributed by atoms with Crippen LogP contribution < -0.4 is 5.43 Å². The number of nitrogens with one attached hydrogen (secondary N) is 2. The van der Waals surface area contributed by atoms with Gasteiger partial charge in [0.15, 0.2) is 0 Å². The van der Waals surface area contributed by atoms with Crippen LogP contribution >= 0.6 is 0 Å². The van der Waals surface area contributed by atoms with Crippen molar-refractivity contribution >= 4 is 34.9 Å². The van der Waals surface area contributed by atoms with Crippen LogP contribution in [0.15, 0.2) is 64.1 Å². The molecule has 3 N–H and O–H groups in total. The van der Waals surface area contributed by atoms with Gasteiger partial charge in [0.1, 0.15) is 11.5 Å². The number of para-hydroxylation sites is 2. The highest BCUT2D eigenvalue weighted by atomic mass is 16.6. The predicted octanol–water partition coefficient (Wildman–Crippen LogP) is 3.88. The molecule has 0 atom stereocenters. The van der Waals surface area contributed by atoms with E-state index in [2.05, 4.69) is 20.5 Å². The fourth-order valence-corrected chi connectivity index (χ4v) is 2.77. The van der Waals surface area contributed by atoms with E-state index in [1.54, 1.807) is 12.1 Å². The van der Waals surface area contributed by atoms with Gasteiger partial charge in [0.05, 0.1) is 27.7 Å². The number of benzene rings is 2. The van der Waals surface area contributed by atoms with Crippen molar-refractivity contribution < 1.29 is 19.2 Å². The van der Waals surface area contributed by atoms with Crippen LogP contribution in [-0.2, 0) is 0 Å². The van der Waals surface area contributed by atoms with Gasteiger partial charge in [0, 0.05) is 17.7 Å². The monoisotopic (exact) mass is 391 g/mol. The van der Waals surface area contributed by atoms with E-state index in [9.17, 15) is 20.0 Å². The number of imidazole rings is 1. The Hall–Kier alpha value is -4.47. The Labute approximate surface area is 162 Å². The number of fused-ring (bicyclic) bond motifs is 1. The zero-order chi connectivity index (χ0) is 20.4. The van der Waals surface area contributed by atoms with E-state index in [1.807, 2.05) is 24.3 Å². The van der Waals surface area contributed by atoms with Crippen LogP contribution in [0.1, 0.15) is 16.1 Å². The summed E-state index contributed by atoms with van der Waals surface area (Å²) in [6, 6.07) is 14.3. The molecule has 0 bridgehead atoms. The number of carboxylic acids is 1. The van der Waals surface area contributed by atoms with Crippen LogP contribution in [0.3, 0.4) is 0 Å². The van der Waals surface area contributed by atoms with E-state index < -0.39 is 10.9 Å². The molecule has 0 saturated heterocycles. The van der Waals surface area contributed by atoms with Crippen LogP contribution in [0, 0.1) is 10.1 Å². The van der Waals surface area contributed by atoms with Crippen LogP contribution in [0.2, 0.25) is 0 Å². The molecule has 0 unspecified atom stereocenters. The molecule has 0 fully saturated rings. The summed E-state index contributed by atoms with van der Waals surface area (Å²) in [5, 5.41) is 24.3. The Kier molecular flexibility index (Phi) is 4.49. The highest BCUT2D eigenvalue weighted by Crippen LogP contribution is 2.29. The Morgan fingerprint density at radius 2 is 2.07 bits per heavy atom. The maximum absolute atomic E-state index is 11.5. The molecule has 4 rings (SSSR count). The highest BCUT2D eigenvalue weighted by Gasteiger charge is 2.19. The molecule has 2 aromatic carbocycles. The lowest BCUT2D eigenvalue weighted by Gasteiger charge is -2.03. The van der Waals surface area contributed by atoms with E-state index in [0.29, 0.717) is 11.7 Å². The minimum atomic E-state index is -1.29. The number of aromatic carboxylic acids is 1. The second kappa shape index (κ2) is 7.27. The van der Waals surface area contributed by atoms with Crippen molar-refractivity contribution in [2.24, 2.45) is 5.10 Å². The molecule has 0 aliphatic heterocycles. The quantitative estimate of drug-likeness (QED) is 0.257. The van der Waals surface area contributed by atoms with Crippen LogP contribution in [0.4, 0.5) is 11.6 Å². The number of non-ortho nitro benzene ring substituents is 1. The second-order valence-electron chi connectivity index (χ2n) is 5.97. The van der Waals surface area contributed by atoms with Crippen molar-refractivity contribution in [3.63, 3.8) is 0 Å². The summed E-state index contributed by atoms with van der Waals surface area (Å²) in [7, 11) is 0. The number of nitrogens with zero attached hydrogens (tertiary/aromatic N) is 3. The standard InChI is InChI=1S/C19H13N5O5/c25-18(26)14-9-11(24(27)28)5-7-13(14)17-8-6-12(29-17)10-20-23-19-21-15-3-1-2-4-16(15)22-19/h1-10H,(H,25,26)(H2,21,22,23)/b20-10-. The SMILES string of the molecule is O=C(O)c1cc([N+](=O)[O-])ccc1-c1ccc(/C=N\Nc2nc3ccccc3[nH]2)o1. The molecule has 0 spiro atoms. The second-order valence-corrected chi connectivity index (χ2v) is 5.97. The Morgan fingerprint density at radius 1 is 1.24 bits per heavy atom. The Morgan fingerprint density at radius 3 is 2.83 bits per heavy atom. The largest absolute Gasteiger partial charge is 0.478 e. The van der Waals surface area contributed by atoms with Gasteiger partial charge >= 0.3 is 5.97 Å². The summed E-state index contributed by atoms with van der Waals surface area (Å²) >= 11 is 0. The summed E-state index contributed by atoms with van der Waals surface area (Å²) in [5.74, 6) is -0.222. The van der Waals surface area contributed by atoms with Crippen LogP contribution in [0.25, 0.3) is 22.4 Å². The van der Waals surface area contributed by atoms with Gasteiger partial charge in [-0.2, -0.15) is 5.10 Å². The summed E-state index contributed by atoms with van der Waals surface area (Å²) in [4.78, 5) is 29.1. The maximum Gasteiger partial charge on any atom is 0.336 e. The molecule has 10 heteroatoms. The van der Waals surface area contributed by atoms with Gasteiger partial charge < -0.3 is 14.5 Å². The topological polar surface area (TPSA) is 147 Å². The highest BCUT2D eigenvalue weighted by molar-refractivity contribution is 5.96. The summed E-state index contributed by atoms with van der Waals surface area (Å²) < 4.78 is 5.60. The number of hydrogen-bond donors (Lipinski definition) is 3. The number of carbonyl (C=O) groups is 1. The summed E-state index contributed by atoms with van der Waals surface area (Å²) in [6.07, 6.45) is 1.41. The van der Waals surface area contributed by atoms with Crippen molar-refractivity contribution in [2.45, 2.75) is 0 Å². The number of nitro benzene ring substituents is 1. The zero-order valence-electron chi connectivity index (χ0n) is 14.7. The number of carboxylic acid groups (broad SMARTS) is 1. The van der Waals surface area contributed by atoms with Gasteiger partial charge in [-0.15, -0.1) is 0 Å². The number of hydrazone groups is 1. The maximum atomic E-state index is 11.5.